The van der Waals surface area contributed by atoms with Crippen LogP contribution in [0, 0.1) is 0 Å². The molecule has 16 heteroatoms. The Hall–Kier alpha value is -6.19. The lowest BCUT2D eigenvalue weighted by molar-refractivity contribution is -0.143. The lowest BCUT2D eigenvalue weighted by Crippen LogP contribution is -2.58. The normalized spacial score (nSPS) is 19.7. The van der Waals surface area contributed by atoms with Gasteiger partial charge in [0.15, 0.2) is 5.96 Å². The van der Waals surface area contributed by atoms with Gasteiger partial charge in [-0.05, 0) is 66.6 Å². The molecule has 4 atom stereocenters. The number of fused-ring (bicyclic) bond motifs is 1. The predicted octanol–water partition coefficient (Wildman–Crippen LogP) is 0.882. The number of nitrogens with zero attached hydrogens (tertiary/aromatic N) is 2. The van der Waals surface area contributed by atoms with Crippen molar-refractivity contribution in [2.24, 2.45) is 16.5 Å². The molecule has 4 rings (SSSR count). The molecule has 10 N–H and O–H groups in total. The Morgan fingerprint density at radius 1 is 0.789 bits per heavy atom. The maximum absolute atomic E-state index is 14.5. The SMILES string of the molecule is CC(=O)NCCCCCCN1C(=O)C(Cc2ccc(O)cc2)NC(=O)CNC(=O)C(Cc2ccc3ccccc3c2)NC(=O)C(CCCN=C(N)N)NC(=O)C1C. The number of aromatic hydroxyl groups is 1. The predicted molar refractivity (Wildman–Crippen MR) is 217 cm³/mol. The average Bonchev–Trinajstić information content (AvgIpc) is 3.18. The number of benzene rings is 3. The van der Waals surface area contributed by atoms with Gasteiger partial charge in [0.05, 0.1) is 6.54 Å². The van der Waals surface area contributed by atoms with Gasteiger partial charge in [0, 0.05) is 39.4 Å². The summed E-state index contributed by atoms with van der Waals surface area (Å²) in [7, 11) is 0. The fraction of sp³-hybridized carbons (Fsp3) is 0.439. The summed E-state index contributed by atoms with van der Waals surface area (Å²) in [6.07, 6.45) is 3.21. The molecule has 0 aromatic heterocycles. The Balaban J connectivity index is 1.66. The minimum absolute atomic E-state index is 0.0262. The summed E-state index contributed by atoms with van der Waals surface area (Å²) in [6, 6.07) is 15.1. The number of nitrogens with one attached hydrogen (secondary N) is 5. The molecule has 16 nitrogen and oxygen atoms in total. The summed E-state index contributed by atoms with van der Waals surface area (Å²) < 4.78 is 0. The number of guanidine groups is 1. The van der Waals surface area contributed by atoms with E-state index in [1.54, 1.807) is 19.1 Å². The minimum Gasteiger partial charge on any atom is -0.508 e. The molecule has 3 aromatic rings. The van der Waals surface area contributed by atoms with Crippen LogP contribution < -0.4 is 38.1 Å². The molecule has 3 aromatic carbocycles. The molecular weight excluding hydrogens is 731 g/mol. The van der Waals surface area contributed by atoms with Crippen LogP contribution in [0.25, 0.3) is 10.8 Å². The standard InChI is InChI=1S/C41H55N9O7/c1-26-37(54)48-33(12-9-20-45-41(42)43)39(56)49-34(24-29-13-16-30-10-5-6-11-31(30)22-29)38(55)46-25-36(53)47-35(23-28-14-17-32(52)18-15-28)40(57)50(26)21-8-4-3-7-19-44-27(2)51/h5-6,10-11,13-18,22,26,33-35,52H,3-4,7-9,12,19-21,23-25H2,1-2H3,(H,44,51)(H,46,55)(H,47,53)(H,48,54)(H,49,56)(H4,42,43,45). The number of rotatable bonds is 15. The van der Waals surface area contributed by atoms with Crippen LogP contribution in [-0.2, 0) is 41.6 Å². The Labute approximate surface area is 332 Å². The van der Waals surface area contributed by atoms with Gasteiger partial charge in [-0.1, -0.05) is 67.4 Å². The van der Waals surface area contributed by atoms with Gasteiger partial charge in [0.1, 0.15) is 29.9 Å². The van der Waals surface area contributed by atoms with Crippen molar-refractivity contribution >= 4 is 52.2 Å². The number of carbonyl (C=O) groups excluding carboxylic acids is 6. The molecule has 1 aliphatic rings. The van der Waals surface area contributed by atoms with Crippen molar-refractivity contribution in [1.82, 2.24) is 31.5 Å². The van der Waals surface area contributed by atoms with Gasteiger partial charge in [-0.3, -0.25) is 33.8 Å². The topological polar surface area (TPSA) is 250 Å². The second-order valence-electron chi connectivity index (χ2n) is 14.3. The maximum atomic E-state index is 14.5. The van der Waals surface area contributed by atoms with Crippen LogP contribution in [0.2, 0.25) is 0 Å². The molecule has 0 spiro atoms. The van der Waals surface area contributed by atoms with Crippen molar-refractivity contribution in [3.63, 3.8) is 0 Å². The Bertz CT molecular complexity index is 1900. The molecule has 0 bridgehead atoms. The number of hydrogen-bond acceptors (Lipinski definition) is 8. The second-order valence-corrected chi connectivity index (χ2v) is 14.3. The molecule has 57 heavy (non-hydrogen) atoms. The number of amides is 6. The molecule has 1 saturated heterocycles. The highest BCUT2D eigenvalue weighted by molar-refractivity contribution is 5.97. The van der Waals surface area contributed by atoms with Gasteiger partial charge in [0.2, 0.25) is 35.4 Å². The molecule has 1 heterocycles. The Morgan fingerprint density at radius 3 is 2.18 bits per heavy atom. The smallest absolute Gasteiger partial charge is 0.246 e. The van der Waals surface area contributed by atoms with Crippen LogP contribution in [-0.4, -0.2) is 102 Å². The van der Waals surface area contributed by atoms with Crippen molar-refractivity contribution in [3.05, 3.63) is 77.9 Å². The zero-order chi connectivity index (χ0) is 41.3. The maximum Gasteiger partial charge on any atom is 0.246 e. The van der Waals surface area contributed by atoms with Crippen LogP contribution in [0.4, 0.5) is 0 Å². The minimum atomic E-state index is -1.15. The summed E-state index contributed by atoms with van der Waals surface area (Å²) in [6.45, 7) is 3.36. The molecule has 306 valence electrons. The quantitative estimate of drug-likeness (QED) is 0.0618. The van der Waals surface area contributed by atoms with E-state index in [9.17, 15) is 33.9 Å². The molecule has 4 unspecified atom stereocenters. The molecule has 0 radical (unpaired) electrons. The third kappa shape index (κ3) is 14.1. The van der Waals surface area contributed by atoms with Crippen LogP contribution >= 0.6 is 0 Å². The highest BCUT2D eigenvalue weighted by Gasteiger charge is 2.35. The van der Waals surface area contributed by atoms with E-state index in [-0.39, 0.29) is 50.0 Å². The van der Waals surface area contributed by atoms with Crippen molar-refractivity contribution in [2.45, 2.75) is 89.4 Å². The van der Waals surface area contributed by atoms with E-state index in [0.717, 1.165) is 29.2 Å². The van der Waals surface area contributed by atoms with E-state index in [1.165, 1.54) is 24.0 Å². The van der Waals surface area contributed by atoms with E-state index in [2.05, 4.69) is 31.6 Å². The lowest BCUT2D eigenvalue weighted by atomic mass is 10.0. The second kappa shape index (κ2) is 21.8. The van der Waals surface area contributed by atoms with E-state index in [0.29, 0.717) is 31.4 Å². The van der Waals surface area contributed by atoms with Crippen LogP contribution in [0.1, 0.15) is 63.5 Å². The van der Waals surface area contributed by atoms with Crippen LogP contribution in [0.3, 0.4) is 0 Å². The fourth-order valence-corrected chi connectivity index (χ4v) is 6.61. The summed E-state index contributed by atoms with van der Waals surface area (Å²) in [5.74, 6) is -3.30. The van der Waals surface area contributed by atoms with Crippen molar-refractivity contribution in [3.8, 4) is 5.75 Å². The summed E-state index contributed by atoms with van der Waals surface area (Å²) in [5.41, 5.74) is 12.4. The monoisotopic (exact) mass is 785 g/mol. The first-order valence-electron chi connectivity index (χ1n) is 19.3. The highest BCUT2D eigenvalue weighted by atomic mass is 16.3. The van der Waals surface area contributed by atoms with Gasteiger partial charge in [-0.25, -0.2) is 0 Å². The van der Waals surface area contributed by atoms with E-state index in [4.69, 9.17) is 11.5 Å². The Kier molecular flexibility index (Phi) is 16.6. The lowest BCUT2D eigenvalue weighted by Gasteiger charge is -2.33. The number of carbonyl (C=O) groups is 6. The number of phenols is 1. The van der Waals surface area contributed by atoms with E-state index in [1.807, 2.05) is 42.5 Å². The van der Waals surface area contributed by atoms with Crippen LogP contribution in [0.5, 0.6) is 5.75 Å². The average molecular weight is 786 g/mol. The first kappa shape index (κ1) is 43.5. The van der Waals surface area contributed by atoms with Crippen molar-refractivity contribution in [2.75, 3.05) is 26.2 Å². The van der Waals surface area contributed by atoms with Crippen LogP contribution in [0.15, 0.2) is 71.7 Å². The van der Waals surface area contributed by atoms with Crippen molar-refractivity contribution in [1.29, 1.82) is 0 Å². The molecule has 0 aliphatic carbocycles. The number of phenolic OH excluding ortho intramolecular Hbond substituents is 1. The molecule has 0 saturated carbocycles. The molecular formula is C41H55N9O7. The summed E-state index contributed by atoms with van der Waals surface area (Å²) in [4.78, 5) is 86.5. The summed E-state index contributed by atoms with van der Waals surface area (Å²) >= 11 is 0. The number of aliphatic imine (C=N–C) groups is 1. The fourth-order valence-electron chi connectivity index (χ4n) is 6.61. The number of unbranched alkanes of at least 4 members (excludes halogenated alkanes) is 3. The van der Waals surface area contributed by atoms with Gasteiger partial charge in [-0.15, -0.1) is 0 Å². The van der Waals surface area contributed by atoms with E-state index >= 15 is 0 Å². The van der Waals surface area contributed by atoms with E-state index < -0.39 is 60.2 Å². The van der Waals surface area contributed by atoms with Gasteiger partial charge in [-0.2, -0.15) is 0 Å². The number of hydrogen-bond donors (Lipinski definition) is 8. The highest BCUT2D eigenvalue weighted by Crippen LogP contribution is 2.18. The third-order valence-corrected chi connectivity index (χ3v) is 9.73. The molecule has 1 aliphatic heterocycles. The zero-order valence-electron chi connectivity index (χ0n) is 32.6. The van der Waals surface area contributed by atoms with Gasteiger partial charge in [0.25, 0.3) is 0 Å². The van der Waals surface area contributed by atoms with Crippen molar-refractivity contribution < 1.29 is 33.9 Å². The first-order chi connectivity index (χ1) is 27.3. The Morgan fingerprint density at radius 2 is 1.46 bits per heavy atom. The van der Waals surface area contributed by atoms with Gasteiger partial charge < -0.3 is 48.1 Å². The zero-order valence-corrected chi connectivity index (χ0v) is 32.6. The third-order valence-electron chi connectivity index (χ3n) is 9.73. The largest absolute Gasteiger partial charge is 0.508 e. The first-order valence-corrected chi connectivity index (χ1v) is 19.3. The summed E-state index contributed by atoms with van der Waals surface area (Å²) in [5, 5.41) is 25.6. The molecule has 1 fully saturated rings. The number of nitrogens with two attached hydrogens (primary N) is 2. The van der Waals surface area contributed by atoms with Gasteiger partial charge >= 0.3 is 0 Å². The molecule has 6 amide bonds.